The van der Waals surface area contributed by atoms with E-state index >= 15 is 0 Å². The number of hydrogen-bond acceptors (Lipinski definition) is 3. The summed E-state index contributed by atoms with van der Waals surface area (Å²) in [6.07, 6.45) is 2.24. The second kappa shape index (κ2) is 6.49. The molecule has 140 valence electrons. The van der Waals surface area contributed by atoms with Crippen LogP contribution in [0.2, 0.25) is 0 Å². The lowest BCUT2D eigenvalue weighted by atomic mass is 9.92. The minimum Gasteiger partial charge on any atom is -0.239 e. The third-order valence-corrected chi connectivity index (χ3v) is 6.71. The van der Waals surface area contributed by atoms with Crippen LogP contribution in [0.1, 0.15) is 49.4 Å². The summed E-state index contributed by atoms with van der Waals surface area (Å²) in [7, 11) is 0. The second-order valence-corrected chi connectivity index (χ2v) is 8.86. The Balaban J connectivity index is 1.55. The van der Waals surface area contributed by atoms with Gasteiger partial charge in [-0.1, -0.05) is 61.6 Å². The summed E-state index contributed by atoms with van der Waals surface area (Å²) in [5.74, 6) is 0.0873. The van der Waals surface area contributed by atoms with Crippen molar-refractivity contribution in [3.8, 4) is 10.6 Å². The molecule has 0 unspecified atom stereocenters. The van der Waals surface area contributed by atoms with E-state index in [-0.39, 0.29) is 11.2 Å². The Kier molecular flexibility index (Phi) is 4.06. The maximum Gasteiger partial charge on any atom is 0.144 e. The van der Waals surface area contributed by atoms with Crippen LogP contribution in [-0.2, 0) is 5.41 Å². The van der Waals surface area contributed by atoms with Crippen molar-refractivity contribution < 1.29 is 4.39 Å². The van der Waals surface area contributed by atoms with E-state index in [0.717, 1.165) is 34.4 Å². The van der Waals surface area contributed by atoms with E-state index in [1.54, 1.807) is 6.07 Å². The van der Waals surface area contributed by atoms with E-state index in [4.69, 9.17) is 4.98 Å². The molecule has 0 amide bonds. The van der Waals surface area contributed by atoms with Gasteiger partial charge in [-0.05, 0) is 54.2 Å². The molecule has 4 aromatic rings. The van der Waals surface area contributed by atoms with E-state index in [1.807, 2.05) is 24.3 Å². The van der Waals surface area contributed by atoms with Crippen molar-refractivity contribution in [2.24, 2.45) is 0 Å². The van der Waals surface area contributed by atoms with Gasteiger partial charge in [0, 0.05) is 11.0 Å². The maximum atomic E-state index is 14.7. The van der Waals surface area contributed by atoms with Crippen molar-refractivity contribution in [3.63, 3.8) is 0 Å². The smallest absolute Gasteiger partial charge is 0.144 e. The Bertz CT molecular complexity index is 1160. The standard InChI is InChI=1S/C24H21FN2S/c1-15(2)16-8-9-18(19(25)14-16)22-26-20-10-11-21(27-23(20)28-22)24(12-13-24)17-6-4-3-5-7-17/h3-11,14-15H,12-13H2,1-2H3. The highest BCUT2D eigenvalue weighted by atomic mass is 32.1. The van der Waals surface area contributed by atoms with Crippen LogP contribution in [0.5, 0.6) is 0 Å². The molecule has 1 aliphatic rings. The van der Waals surface area contributed by atoms with Gasteiger partial charge in [-0.3, -0.25) is 0 Å². The second-order valence-electron chi connectivity index (χ2n) is 7.88. The Morgan fingerprint density at radius 2 is 1.75 bits per heavy atom. The molecule has 2 heterocycles. The summed E-state index contributed by atoms with van der Waals surface area (Å²) < 4.78 is 14.7. The molecular formula is C24H21FN2S. The third-order valence-electron chi connectivity index (χ3n) is 5.71. The number of hydrogen-bond donors (Lipinski definition) is 0. The normalized spacial score (nSPS) is 15.3. The third kappa shape index (κ3) is 2.83. The number of halogens is 1. The van der Waals surface area contributed by atoms with Gasteiger partial charge in [0.25, 0.3) is 0 Å². The Hall–Kier alpha value is -2.59. The Morgan fingerprint density at radius 3 is 2.43 bits per heavy atom. The molecule has 0 saturated heterocycles. The zero-order valence-corrected chi connectivity index (χ0v) is 16.8. The van der Waals surface area contributed by atoms with Gasteiger partial charge >= 0.3 is 0 Å². The molecule has 2 aromatic heterocycles. The van der Waals surface area contributed by atoms with Crippen molar-refractivity contribution >= 4 is 21.7 Å². The van der Waals surface area contributed by atoms with Crippen molar-refractivity contribution in [1.82, 2.24) is 9.97 Å². The van der Waals surface area contributed by atoms with Gasteiger partial charge in [0.1, 0.15) is 21.2 Å². The van der Waals surface area contributed by atoms with Gasteiger partial charge in [-0.25, -0.2) is 14.4 Å². The van der Waals surface area contributed by atoms with Gasteiger partial charge in [0.05, 0.1) is 5.69 Å². The first-order chi connectivity index (χ1) is 13.6. The molecule has 1 saturated carbocycles. The number of benzene rings is 2. The van der Waals surface area contributed by atoms with E-state index < -0.39 is 0 Å². The number of rotatable bonds is 4. The van der Waals surface area contributed by atoms with E-state index in [0.29, 0.717) is 16.5 Å². The summed E-state index contributed by atoms with van der Waals surface area (Å²) in [6.45, 7) is 4.13. The molecule has 0 radical (unpaired) electrons. The van der Waals surface area contributed by atoms with Gasteiger partial charge in [0.2, 0.25) is 0 Å². The zero-order chi connectivity index (χ0) is 19.3. The molecule has 28 heavy (non-hydrogen) atoms. The van der Waals surface area contributed by atoms with E-state index in [1.165, 1.54) is 16.9 Å². The minimum atomic E-state index is -0.214. The summed E-state index contributed by atoms with van der Waals surface area (Å²) >= 11 is 1.47. The number of aromatic nitrogens is 2. The highest BCUT2D eigenvalue weighted by Gasteiger charge is 2.47. The largest absolute Gasteiger partial charge is 0.239 e. The first-order valence-corrected chi connectivity index (χ1v) is 10.5. The van der Waals surface area contributed by atoms with E-state index in [2.05, 4.69) is 49.2 Å². The van der Waals surface area contributed by atoms with Gasteiger partial charge < -0.3 is 0 Å². The molecule has 4 heteroatoms. The quantitative estimate of drug-likeness (QED) is 0.389. The summed E-state index contributed by atoms with van der Waals surface area (Å²) in [6, 6.07) is 20.2. The van der Waals surface area contributed by atoms with Gasteiger partial charge in [-0.15, -0.1) is 0 Å². The van der Waals surface area contributed by atoms with E-state index in [9.17, 15) is 4.39 Å². The Morgan fingerprint density at radius 1 is 0.964 bits per heavy atom. The lowest BCUT2D eigenvalue weighted by molar-refractivity contribution is 0.626. The predicted molar refractivity (Wildman–Crippen MR) is 113 cm³/mol. The van der Waals surface area contributed by atoms with Gasteiger partial charge in [0.15, 0.2) is 0 Å². The van der Waals surface area contributed by atoms with Crippen LogP contribution in [0.15, 0.2) is 60.7 Å². The molecule has 0 bridgehead atoms. The fourth-order valence-electron chi connectivity index (χ4n) is 3.84. The number of nitrogens with zero attached hydrogens (tertiary/aromatic N) is 2. The minimum absolute atomic E-state index is 0.0315. The highest BCUT2D eigenvalue weighted by molar-refractivity contribution is 7.21. The number of fused-ring (bicyclic) bond motifs is 1. The first kappa shape index (κ1) is 17.5. The van der Waals surface area contributed by atoms with Crippen molar-refractivity contribution in [1.29, 1.82) is 0 Å². The van der Waals surface area contributed by atoms with Crippen LogP contribution in [0, 0.1) is 5.82 Å². The van der Waals surface area contributed by atoms with Crippen LogP contribution < -0.4 is 0 Å². The molecule has 2 nitrogen and oxygen atoms in total. The van der Waals surface area contributed by atoms with Crippen molar-refractivity contribution in [2.75, 3.05) is 0 Å². The number of thiazole rings is 1. The molecular weight excluding hydrogens is 367 g/mol. The number of pyridine rings is 1. The molecule has 1 aliphatic carbocycles. The van der Waals surface area contributed by atoms with Gasteiger partial charge in [-0.2, -0.15) is 0 Å². The van der Waals surface area contributed by atoms with Crippen molar-refractivity contribution in [3.05, 3.63) is 83.3 Å². The summed E-state index contributed by atoms with van der Waals surface area (Å²) in [5.41, 5.74) is 4.84. The van der Waals surface area contributed by atoms with Crippen LogP contribution >= 0.6 is 11.3 Å². The SMILES string of the molecule is CC(C)c1ccc(-c2nc3ccc(C4(c5ccccc5)CC4)nc3s2)c(F)c1. The van der Waals surface area contributed by atoms with Crippen molar-refractivity contribution in [2.45, 2.75) is 38.0 Å². The Labute approximate surface area is 168 Å². The molecule has 1 fully saturated rings. The highest BCUT2D eigenvalue weighted by Crippen LogP contribution is 2.53. The van der Waals surface area contributed by atoms with Crippen LogP contribution in [-0.4, -0.2) is 9.97 Å². The lowest BCUT2D eigenvalue weighted by Crippen LogP contribution is -2.10. The monoisotopic (exact) mass is 388 g/mol. The molecule has 5 rings (SSSR count). The predicted octanol–water partition coefficient (Wildman–Crippen LogP) is 6.70. The average molecular weight is 389 g/mol. The molecule has 0 aliphatic heterocycles. The summed E-state index contributed by atoms with van der Waals surface area (Å²) in [4.78, 5) is 10.5. The molecule has 0 N–H and O–H groups in total. The average Bonchev–Trinajstić information content (AvgIpc) is 3.41. The zero-order valence-electron chi connectivity index (χ0n) is 15.9. The summed E-state index contributed by atoms with van der Waals surface area (Å²) in [5, 5.41) is 0.692. The topological polar surface area (TPSA) is 25.8 Å². The maximum absolute atomic E-state index is 14.7. The lowest BCUT2D eigenvalue weighted by Gasteiger charge is -2.14. The van der Waals surface area contributed by atoms with Crippen LogP contribution in [0.4, 0.5) is 4.39 Å². The first-order valence-electron chi connectivity index (χ1n) is 9.70. The molecule has 2 aromatic carbocycles. The molecule has 0 spiro atoms. The fourth-order valence-corrected chi connectivity index (χ4v) is 4.80. The van der Waals surface area contributed by atoms with Crippen LogP contribution in [0.3, 0.4) is 0 Å². The fraction of sp³-hybridized carbons (Fsp3) is 0.250. The van der Waals surface area contributed by atoms with Crippen LogP contribution in [0.25, 0.3) is 20.9 Å². The molecule has 0 atom stereocenters.